The molecule has 2 aromatic rings. The molecular weight excluding hydrogens is 699 g/mol. The van der Waals surface area contributed by atoms with Crippen molar-refractivity contribution < 1.29 is 20.8 Å². The molecule has 1 aliphatic heterocycles. The third-order valence-corrected chi connectivity index (χ3v) is 20.9. The number of hydrogen-bond acceptors (Lipinski definition) is 0. The molecule has 0 radical (unpaired) electrons. The summed E-state index contributed by atoms with van der Waals surface area (Å²) in [4.78, 5) is 0. The number of fused-ring (bicyclic) bond motifs is 5. The Bertz CT molecular complexity index is 1490. The molecule has 7 rings (SSSR count). The Morgan fingerprint density at radius 2 is 1.13 bits per heavy atom. The number of rotatable bonds is 4. The van der Waals surface area contributed by atoms with Crippen LogP contribution in [0, 0.1) is 54.4 Å². The number of aryl methyl sites for hydroxylation is 4. The quantitative estimate of drug-likeness (QED) is 0.215. The predicted molar refractivity (Wildman–Crippen MR) is 204 cm³/mol. The van der Waals surface area contributed by atoms with Crippen LogP contribution in [0.15, 0.2) is 34.7 Å². The summed E-state index contributed by atoms with van der Waals surface area (Å²) in [6.45, 7) is 20.6. The first kappa shape index (κ1) is 37.6. The van der Waals surface area contributed by atoms with E-state index in [1.165, 1.54) is 86.5 Å². The van der Waals surface area contributed by atoms with Gasteiger partial charge in [0.15, 0.2) is 0 Å². The summed E-state index contributed by atoms with van der Waals surface area (Å²) in [5.74, 6) is 2.50. The molecule has 45 heavy (non-hydrogen) atoms. The number of halogens is 2. The van der Waals surface area contributed by atoms with E-state index in [4.69, 9.17) is 17.0 Å². The van der Waals surface area contributed by atoms with Gasteiger partial charge in [-0.3, -0.25) is 0 Å². The molecule has 2 atom stereocenters. The summed E-state index contributed by atoms with van der Waals surface area (Å²) in [5.41, 5.74) is 15.4. The minimum absolute atomic E-state index is 0. The van der Waals surface area contributed by atoms with E-state index in [0.29, 0.717) is 11.5 Å². The van der Waals surface area contributed by atoms with Crippen LogP contribution in [0.1, 0.15) is 120 Å². The van der Waals surface area contributed by atoms with Crippen LogP contribution < -0.4 is 0 Å². The molecule has 2 fully saturated rings. The van der Waals surface area contributed by atoms with Crippen molar-refractivity contribution in [3.8, 4) is 0 Å². The molecule has 0 N–H and O–H groups in total. The Kier molecular flexibility index (Phi) is 12.0. The fourth-order valence-electron chi connectivity index (χ4n) is 10.4. The summed E-state index contributed by atoms with van der Waals surface area (Å²) in [6, 6.07) is 10.6. The van der Waals surface area contributed by atoms with Crippen molar-refractivity contribution in [3.63, 3.8) is 0 Å². The SMILES string of the molecule is Cc1cc2c(cc1C)C(CC1CCCC1)C1=C2[Si](C)(C)C2=C(CC3CCCC3)c3cc(C)c(C)cc3C2[Si]1(C)C.[CH3-].[CH3-].[Cl][Zr+2][Cl]. The molecule has 5 aliphatic rings. The molecule has 2 saturated carbocycles. The molecule has 2 unspecified atom stereocenters. The van der Waals surface area contributed by atoms with Crippen molar-refractivity contribution in [2.45, 2.75) is 130 Å². The fraction of sp³-hybridized carbons (Fsp3) is 0.550. The first-order valence-corrected chi connectivity index (χ1v) is 29.5. The second-order valence-electron chi connectivity index (χ2n) is 15.9. The van der Waals surface area contributed by atoms with Gasteiger partial charge in [0.1, 0.15) is 8.07 Å². The Morgan fingerprint density at radius 1 is 0.667 bits per heavy atom. The van der Waals surface area contributed by atoms with E-state index in [2.05, 4.69) is 78.1 Å². The van der Waals surface area contributed by atoms with Gasteiger partial charge in [0, 0.05) is 11.5 Å². The van der Waals surface area contributed by atoms with Crippen LogP contribution >= 0.6 is 17.0 Å². The summed E-state index contributed by atoms with van der Waals surface area (Å²) in [5, 5.41) is 5.92. The summed E-state index contributed by atoms with van der Waals surface area (Å²) < 4.78 is 0. The normalized spacial score (nSPS) is 24.1. The second kappa shape index (κ2) is 14.4. The van der Waals surface area contributed by atoms with Crippen molar-refractivity contribution in [2.24, 2.45) is 11.8 Å². The van der Waals surface area contributed by atoms with Gasteiger partial charge in [0.05, 0.1) is 8.07 Å². The van der Waals surface area contributed by atoms with Gasteiger partial charge in [-0.25, -0.2) is 0 Å². The topological polar surface area (TPSA) is 0 Å². The van der Waals surface area contributed by atoms with Crippen molar-refractivity contribution in [1.29, 1.82) is 0 Å². The molecule has 4 aliphatic carbocycles. The van der Waals surface area contributed by atoms with Crippen LogP contribution in [-0.2, 0) is 20.8 Å². The van der Waals surface area contributed by atoms with Gasteiger partial charge >= 0.3 is 37.9 Å². The Balaban J connectivity index is 0.000000888. The molecule has 0 saturated heterocycles. The maximum absolute atomic E-state index is 4.93. The van der Waals surface area contributed by atoms with Crippen molar-refractivity contribution >= 4 is 43.9 Å². The molecule has 0 bridgehead atoms. The van der Waals surface area contributed by atoms with Gasteiger partial charge < -0.3 is 14.9 Å². The Morgan fingerprint density at radius 3 is 1.69 bits per heavy atom. The Hall–Kier alpha value is -0.183. The predicted octanol–water partition coefficient (Wildman–Crippen LogP) is 13.3. The van der Waals surface area contributed by atoms with Gasteiger partial charge in [-0.1, -0.05) is 117 Å². The van der Waals surface area contributed by atoms with E-state index in [-0.39, 0.29) is 14.9 Å². The van der Waals surface area contributed by atoms with E-state index in [9.17, 15) is 0 Å². The molecule has 244 valence electrons. The van der Waals surface area contributed by atoms with Crippen LogP contribution in [-0.4, -0.2) is 16.1 Å². The van der Waals surface area contributed by atoms with Crippen LogP contribution in [0.4, 0.5) is 0 Å². The summed E-state index contributed by atoms with van der Waals surface area (Å²) in [7, 11) is 6.13. The molecule has 5 heteroatoms. The van der Waals surface area contributed by atoms with E-state index in [1.807, 2.05) is 21.2 Å². The molecule has 0 spiro atoms. The number of benzene rings is 2. The fourth-order valence-corrected chi connectivity index (χ4v) is 22.5. The van der Waals surface area contributed by atoms with Crippen LogP contribution in [0.5, 0.6) is 0 Å². The van der Waals surface area contributed by atoms with E-state index < -0.39 is 37.0 Å². The van der Waals surface area contributed by atoms with E-state index in [0.717, 1.165) is 11.8 Å². The average molecular weight is 757 g/mol. The number of allylic oxidation sites excluding steroid dienone is 3. The minimum atomic E-state index is -1.90. The second-order valence-corrected chi connectivity index (χ2v) is 28.5. The third kappa shape index (κ3) is 6.35. The van der Waals surface area contributed by atoms with Crippen LogP contribution in [0.3, 0.4) is 0 Å². The average Bonchev–Trinajstić information content (AvgIpc) is 3.74. The zero-order chi connectivity index (χ0) is 30.8. The van der Waals surface area contributed by atoms with Gasteiger partial charge in [-0.15, -0.1) is 0 Å². The molecule has 1 heterocycles. The number of hydrogen-bond donors (Lipinski definition) is 0. The summed E-state index contributed by atoms with van der Waals surface area (Å²) in [6.07, 6.45) is 14.4. The van der Waals surface area contributed by atoms with E-state index in [1.54, 1.807) is 22.3 Å². The molecular formula is C40H58Cl2Si2Zr. The maximum atomic E-state index is 4.93. The monoisotopic (exact) mass is 754 g/mol. The Labute approximate surface area is 297 Å². The molecule has 0 nitrogen and oxygen atoms in total. The van der Waals surface area contributed by atoms with Crippen molar-refractivity contribution in [2.75, 3.05) is 0 Å². The van der Waals surface area contributed by atoms with Gasteiger partial charge in [0.25, 0.3) is 0 Å². The van der Waals surface area contributed by atoms with E-state index >= 15 is 0 Å². The molecule has 2 aromatic carbocycles. The zero-order valence-corrected chi connectivity index (χ0v) is 35.9. The third-order valence-electron chi connectivity index (χ3n) is 12.6. The van der Waals surface area contributed by atoms with Gasteiger partial charge in [-0.05, 0) is 102 Å². The van der Waals surface area contributed by atoms with Crippen molar-refractivity contribution in [1.82, 2.24) is 0 Å². The summed E-state index contributed by atoms with van der Waals surface area (Å²) >= 11 is -0.826. The van der Waals surface area contributed by atoms with Crippen molar-refractivity contribution in [3.05, 3.63) is 94.0 Å². The zero-order valence-electron chi connectivity index (χ0n) is 29.9. The van der Waals surface area contributed by atoms with Gasteiger partial charge in [0.2, 0.25) is 0 Å². The first-order chi connectivity index (χ1) is 20.4. The first-order valence-electron chi connectivity index (χ1n) is 17.1. The van der Waals surface area contributed by atoms with Gasteiger partial charge in [-0.2, -0.15) is 0 Å². The van der Waals surface area contributed by atoms with Crippen LogP contribution in [0.2, 0.25) is 26.2 Å². The van der Waals surface area contributed by atoms with Crippen LogP contribution in [0.25, 0.3) is 10.8 Å². The molecule has 0 amide bonds. The standard InChI is InChI=1S/C38H52Si2.2CH3.2ClH.Zr/c1-23-17-29-31(19-25(23)3)35-37(33(29)21-27-13-9-10-14-27)40(7,8)36-32-20-26(4)24(2)18-30(32)34(38(36)39(35,5)6)22-28-15-11-12-16-28;;;;;/h17-20,27-28,33,36H,9-16,21-22H2,1-8H3;2*1H3;2*1H;/q;2*-1;;;+4/p-2. The molecule has 0 aromatic heterocycles.